The highest BCUT2D eigenvalue weighted by Crippen LogP contribution is 2.20. The minimum atomic E-state index is -3.59. The van der Waals surface area contributed by atoms with Crippen molar-refractivity contribution < 1.29 is 13.2 Å². The number of imidazole rings is 1. The number of aromatic amines is 1. The van der Waals surface area contributed by atoms with Crippen molar-refractivity contribution in [3.63, 3.8) is 0 Å². The Bertz CT molecular complexity index is 714. The smallest absolute Gasteiger partial charge is 0.243 e. The molecule has 0 aliphatic heterocycles. The van der Waals surface area contributed by atoms with Crippen molar-refractivity contribution in [2.24, 2.45) is 0 Å². The van der Waals surface area contributed by atoms with Crippen LogP contribution in [0.5, 0.6) is 0 Å². The number of hydrogen-bond donors (Lipinski definition) is 2. The van der Waals surface area contributed by atoms with Gasteiger partial charge in [-0.1, -0.05) is 18.2 Å². The maximum atomic E-state index is 12.2. The fraction of sp³-hybridized carbons (Fsp3) is 0.286. The Morgan fingerprint density at radius 1 is 1.36 bits per heavy atom. The van der Waals surface area contributed by atoms with Gasteiger partial charge in [-0.15, -0.1) is 0 Å². The molecule has 2 N–H and O–H groups in total. The standard InChI is InChI=1S/C14H18N4O3S/c1-11(14(19)17-10-13-15-8-9-16-13)18(22(2,20)21)12-6-4-3-5-7-12/h3-9,11H,10H2,1-2H3,(H,15,16)(H,17,19)/t11-/m0/s1. The topological polar surface area (TPSA) is 95.2 Å². The number of aromatic nitrogens is 2. The van der Waals surface area contributed by atoms with Gasteiger partial charge in [-0.05, 0) is 19.1 Å². The van der Waals surface area contributed by atoms with Gasteiger partial charge in [0.15, 0.2) is 0 Å². The van der Waals surface area contributed by atoms with Gasteiger partial charge < -0.3 is 10.3 Å². The maximum Gasteiger partial charge on any atom is 0.243 e. The molecule has 2 aromatic rings. The Kier molecular flexibility index (Phi) is 4.81. The summed E-state index contributed by atoms with van der Waals surface area (Å²) in [4.78, 5) is 19.1. The third kappa shape index (κ3) is 3.85. The van der Waals surface area contributed by atoms with Crippen LogP contribution in [0.3, 0.4) is 0 Å². The molecule has 1 aromatic heterocycles. The fourth-order valence-corrected chi connectivity index (χ4v) is 3.27. The summed E-state index contributed by atoms with van der Waals surface area (Å²) >= 11 is 0. The van der Waals surface area contributed by atoms with Gasteiger partial charge in [0.2, 0.25) is 15.9 Å². The molecule has 0 spiro atoms. The first-order valence-electron chi connectivity index (χ1n) is 6.70. The number of benzene rings is 1. The zero-order valence-electron chi connectivity index (χ0n) is 12.4. The quantitative estimate of drug-likeness (QED) is 0.825. The average Bonchev–Trinajstić information content (AvgIpc) is 2.97. The molecule has 0 bridgehead atoms. The number of carbonyl (C=O) groups is 1. The highest BCUT2D eigenvalue weighted by molar-refractivity contribution is 7.92. The van der Waals surface area contributed by atoms with E-state index in [1.165, 1.54) is 0 Å². The largest absolute Gasteiger partial charge is 0.347 e. The number of H-pyrrole nitrogens is 1. The summed E-state index contributed by atoms with van der Waals surface area (Å²) in [6.07, 6.45) is 4.31. The minimum Gasteiger partial charge on any atom is -0.347 e. The van der Waals surface area contributed by atoms with Crippen LogP contribution < -0.4 is 9.62 Å². The Hall–Kier alpha value is -2.35. The van der Waals surface area contributed by atoms with Crippen molar-refractivity contribution in [1.29, 1.82) is 0 Å². The van der Waals surface area contributed by atoms with Crippen LogP contribution in [0.4, 0.5) is 5.69 Å². The van der Waals surface area contributed by atoms with E-state index in [0.29, 0.717) is 11.5 Å². The van der Waals surface area contributed by atoms with Gasteiger partial charge in [-0.25, -0.2) is 13.4 Å². The number of sulfonamides is 1. The molecular formula is C14H18N4O3S. The number of rotatable bonds is 6. The predicted octanol–water partition coefficient (Wildman–Crippen LogP) is 0.881. The van der Waals surface area contributed by atoms with Crippen LogP contribution in [0.2, 0.25) is 0 Å². The number of carbonyl (C=O) groups excluding carboxylic acids is 1. The molecule has 0 fully saturated rings. The molecule has 1 heterocycles. The zero-order chi connectivity index (χ0) is 16.2. The lowest BCUT2D eigenvalue weighted by atomic mass is 10.2. The lowest BCUT2D eigenvalue weighted by molar-refractivity contribution is -0.122. The van der Waals surface area contributed by atoms with E-state index < -0.39 is 22.0 Å². The van der Waals surface area contributed by atoms with Gasteiger partial charge in [0, 0.05) is 12.4 Å². The summed E-state index contributed by atoms with van der Waals surface area (Å²) in [7, 11) is -3.59. The maximum absolute atomic E-state index is 12.2. The Labute approximate surface area is 129 Å². The lowest BCUT2D eigenvalue weighted by Gasteiger charge is -2.28. The van der Waals surface area contributed by atoms with Gasteiger partial charge in [0.05, 0.1) is 18.5 Å². The van der Waals surface area contributed by atoms with Crippen LogP contribution in [0.25, 0.3) is 0 Å². The number of nitrogens with zero attached hydrogens (tertiary/aromatic N) is 2. The van der Waals surface area contributed by atoms with E-state index in [0.717, 1.165) is 10.6 Å². The summed E-state index contributed by atoms with van der Waals surface area (Å²) in [5.41, 5.74) is 0.450. The number of nitrogens with one attached hydrogen (secondary N) is 2. The second-order valence-corrected chi connectivity index (χ2v) is 6.68. The molecule has 118 valence electrons. The van der Waals surface area contributed by atoms with Crippen molar-refractivity contribution in [2.45, 2.75) is 19.5 Å². The van der Waals surface area contributed by atoms with Crippen molar-refractivity contribution in [1.82, 2.24) is 15.3 Å². The van der Waals surface area contributed by atoms with E-state index in [-0.39, 0.29) is 6.54 Å². The highest BCUT2D eigenvalue weighted by Gasteiger charge is 2.28. The van der Waals surface area contributed by atoms with Crippen molar-refractivity contribution in [3.05, 3.63) is 48.5 Å². The highest BCUT2D eigenvalue weighted by atomic mass is 32.2. The molecule has 7 nitrogen and oxygen atoms in total. The molecule has 2 rings (SSSR count). The normalized spacial score (nSPS) is 12.6. The molecule has 1 atom stereocenters. The monoisotopic (exact) mass is 322 g/mol. The minimum absolute atomic E-state index is 0.211. The SMILES string of the molecule is C[C@@H](C(=O)NCc1ncc[nH]1)N(c1ccccc1)S(C)(=O)=O. The summed E-state index contributed by atoms with van der Waals surface area (Å²) < 4.78 is 25.2. The van der Waals surface area contributed by atoms with Crippen LogP contribution in [-0.2, 0) is 21.4 Å². The van der Waals surface area contributed by atoms with Crippen molar-refractivity contribution in [3.8, 4) is 0 Å². The molecule has 0 aliphatic carbocycles. The Morgan fingerprint density at radius 2 is 2.05 bits per heavy atom. The third-order valence-electron chi connectivity index (χ3n) is 3.08. The third-order valence-corrected chi connectivity index (χ3v) is 4.33. The number of anilines is 1. The van der Waals surface area contributed by atoms with Gasteiger partial charge in [0.1, 0.15) is 11.9 Å². The van der Waals surface area contributed by atoms with E-state index in [9.17, 15) is 13.2 Å². The molecule has 0 saturated carbocycles. The lowest BCUT2D eigenvalue weighted by Crippen LogP contribution is -2.47. The van der Waals surface area contributed by atoms with Gasteiger partial charge in [0.25, 0.3) is 0 Å². The van der Waals surface area contributed by atoms with E-state index >= 15 is 0 Å². The average molecular weight is 322 g/mol. The second kappa shape index (κ2) is 6.61. The van der Waals surface area contributed by atoms with Crippen LogP contribution in [0.1, 0.15) is 12.7 Å². The number of amides is 1. The molecule has 8 heteroatoms. The molecule has 22 heavy (non-hydrogen) atoms. The van der Waals surface area contributed by atoms with Crippen LogP contribution in [0, 0.1) is 0 Å². The van der Waals surface area contributed by atoms with E-state index in [4.69, 9.17) is 0 Å². The predicted molar refractivity (Wildman–Crippen MR) is 83.7 cm³/mol. The van der Waals surface area contributed by atoms with Gasteiger partial charge in [-0.3, -0.25) is 9.10 Å². The molecule has 1 amide bonds. The zero-order valence-corrected chi connectivity index (χ0v) is 13.2. The van der Waals surface area contributed by atoms with Crippen LogP contribution in [0.15, 0.2) is 42.7 Å². The van der Waals surface area contributed by atoms with E-state index in [2.05, 4.69) is 15.3 Å². The summed E-state index contributed by atoms with van der Waals surface area (Å²) in [6.45, 7) is 1.76. The van der Waals surface area contributed by atoms with E-state index in [1.807, 2.05) is 0 Å². The van der Waals surface area contributed by atoms with Gasteiger partial charge >= 0.3 is 0 Å². The molecule has 0 radical (unpaired) electrons. The first kappa shape index (κ1) is 16.0. The second-order valence-electron chi connectivity index (χ2n) is 4.82. The molecular weight excluding hydrogens is 304 g/mol. The van der Waals surface area contributed by atoms with Gasteiger partial charge in [-0.2, -0.15) is 0 Å². The number of para-hydroxylation sites is 1. The number of hydrogen-bond acceptors (Lipinski definition) is 4. The summed E-state index contributed by atoms with van der Waals surface area (Å²) in [5, 5.41) is 2.67. The van der Waals surface area contributed by atoms with Crippen LogP contribution >= 0.6 is 0 Å². The molecule has 0 saturated heterocycles. The molecule has 0 unspecified atom stereocenters. The Morgan fingerprint density at radius 3 is 2.59 bits per heavy atom. The Balaban J connectivity index is 2.15. The molecule has 1 aromatic carbocycles. The first-order valence-corrected chi connectivity index (χ1v) is 8.55. The summed E-state index contributed by atoms with van der Waals surface area (Å²) in [6, 6.07) is 7.66. The summed E-state index contributed by atoms with van der Waals surface area (Å²) in [5.74, 6) is 0.205. The van der Waals surface area contributed by atoms with Crippen molar-refractivity contribution >= 4 is 21.6 Å². The van der Waals surface area contributed by atoms with Crippen molar-refractivity contribution in [2.75, 3.05) is 10.6 Å². The van der Waals surface area contributed by atoms with Crippen LogP contribution in [-0.4, -0.2) is 36.6 Å². The molecule has 0 aliphatic rings. The fourth-order valence-electron chi connectivity index (χ4n) is 2.10. The van der Waals surface area contributed by atoms with E-state index in [1.54, 1.807) is 49.6 Å². The first-order chi connectivity index (χ1) is 10.4.